The highest BCUT2D eigenvalue weighted by Gasteiger charge is 2.00. The molecule has 0 heterocycles. The second-order valence-corrected chi connectivity index (χ2v) is 6.37. The fraction of sp³-hybridized carbons (Fsp3) is 0.217. The summed E-state index contributed by atoms with van der Waals surface area (Å²) in [6, 6.07) is 22.8. The predicted octanol–water partition coefficient (Wildman–Crippen LogP) is 5.59. The van der Waals surface area contributed by atoms with Crippen LogP contribution in [0.25, 0.3) is 16.8 Å². The summed E-state index contributed by atoms with van der Waals surface area (Å²) in [6.07, 6.45) is 5.68. The molecular weight excluding hydrogens is 308 g/mol. The van der Waals surface area contributed by atoms with Crippen molar-refractivity contribution in [3.8, 4) is 5.75 Å². The molecule has 0 radical (unpaired) electrons. The zero-order chi connectivity index (χ0) is 17.5. The van der Waals surface area contributed by atoms with E-state index in [1.807, 2.05) is 31.2 Å². The van der Waals surface area contributed by atoms with Crippen molar-refractivity contribution in [1.29, 1.82) is 0 Å². The highest BCUT2D eigenvalue weighted by Crippen LogP contribution is 2.23. The second-order valence-electron chi connectivity index (χ2n) is 6.37. The van der Waals surface area contributed by atoms with Gasteiger partial charge >= 0.3 is 0 Å². The van der Waals surface area contributed by atoms with Crippen LogP contribution in [0.15, 0.2) is 72.8 Å². The number of aliphatic hydroxyl groups excluding tert-OH is 1. The van der Waals surface area contributed by atoms with Gasteiger partial charge in [-0.05, 0) is 59.9 Å². The minimum absolute atomic E-state index is 0.240. The molecule has 1 atom stereocenters. The van der Waals surface area contributed by atoms with Crippen molar-refractivity contribution in [2.45, 2.75) is 32.5 Å². The third kappa shape index (κ3) is 5.20. The Morgan fingerprint density at radius 3 is 2.52 bits per heavy atom. The van der Waals surface area contributed by atoms with Gasteiger partial charge in [-0.15, -0.1) is 0 Å². The lowest BCUT2D eigenvalue weighted by atomic mass is 10.1. The molecule has 2 heteroatoms. The summed E-state index contributed by atoms with van der Waals surface area (Å²) in [5, 5.41) is 11.7. The Balaban J connectivity index is 1.66. The quantitative estimate of drug-likeness (QED) is 0.611. The monoisotopic (exact) mass is 332 g/mol. The Bertz CT molecular complexity index is 835. The molecule has 25 heavy (non-hydrogen) atoms. The fourth-order valence-electron chi connectivity index (χ4n) is 2.73. The third-order valence-corrected chi connectivity index (χ3v) is 4.15. The van der Waals surface area contributed by atoms with E-state index in [2.05, 4.69) is 54.6 Å². The Morgan fingerprint density at radius 1 is 0.960 bits per heavy atom. The fourth-order valence-corrected chi connectivity index (χ4v) is 2.73. The van der Waals surface area contributed by atoms with Crippen LogP contribution in [0.3, 0.4) is 0 Å². The molecule has 3 aromatic rings. The number of allylic oxidation sites excluding steroid dienone is 1. The lowest BCUT2D eigenvalue weighted by molar-refractivity contribution is 0.186. The van der Waals surface area contributed by atoms with Crippen LogP contribution in [-0.2, 0) is 6.61 Å². The van der Waals surface area contributed by atoms with Gasteiger partial charge in [-0.25, -0.2) is 0 Å². The van der Waals surface area contributed by atoms with Gasteiger partial charge in [0, 0.05) is 0 Å². The van der Waals surface area contributed by atoms with Crippen molar-refractivity contribution in [2.75, 3.05) is 0 Å². The molecule has 128 valence electrons. The number of benzene rings is 3. The zero-order valence-corrected chi connectivity index (χ0v) is 14.6. The summed E-state index contributed by atoms with van der Waals surface area (Å²) in [6.45, 7) is 2.40. The highest BCUT2D eigenvalue weighted by atomic mass is 16.5. The minimum atomic E-state index is -0.240. The van der Waals surface area contributed by atoms with Gasteiger partial charge in [-0.1, -0.05) is 60.7 Å². The molecule has 2 nitrogen and oxygen atoms in total. The maximum atomic E-state index is 9.29. The summed E-state index contributed by atoms with van der Waals surface area (Å²) < 4.78 is 5.89. The van der Waals surface area contributed by atoms with Crippen LogP contribution in [0.4, 0.5) is 0 Å². The van der Waals surface area contributed by atoms with Gasteiger partial charge in [0.05, 0.1) is 6.10 Å². The molecule has 0 aliphatic rings. The Morgan fingerprint density at radius 2 is 1.72 bits per heavy atom. The first-order valence-corrected chi connectivity index (χ1v) is 8.76. The van der Waals surface area contributed by atoms with E-state index in [0.29, 0.717) is 6.61 Å². The van der Waals surface area contributed by atoms with E-state index in [9.17, 15) is 5.11 Å². The Hall–Kier alpha value is -2.58. The van der Waals surface area contributed by atoms with E-state index in [-0.39, 0.29) is 6.10 Å². The average molecular weight is 332 g/mol. The molecule has 0 saturated carbocycles. The molecule has 0 spiro atoms. The first-order chi connectivity index (χ1) is 12.2. The first-order valence-electron chi connectivity index (χ1n) is 8.76. The van der Waals surface area contributed by atoms with Crippen LogP contribution in [0.5, 0.6) is 5.75 Å². The van der Waals surface area contributed by atoms with Gasteiger partial charge in [-0.2, -0.15) is 0 Å². The van der Waals surface area contributed by atoms with Gasteiger partial charge in [0.1, 0.15) is 12.4 Å². The summed E-state index contributed by atoms with van der Waals surface area (Å²) >= 11 is 0. The summed E-state index contributed by atoms with van der Waals surface area (Å²) in [5.41, 5.74) is 2.34. The molecule has 0 aliphatic heterocycles. The predicted molar refractivity (Wildman–Crippen MR) is 105 cm³/mol. The zero-order valence-electron chi connectivity index (χ0n) is 14.6. The molecule has 1 unspecified atom stereocenters. The molecule has 0 aliphatic carbocycles. The van der Waals surface area contributed by atoms with Crippen molar-refractivity contribution >= 4 is 16.8 Å². The van der Waals surface area contributed by atoms with Crippen molar-refractivity contribution in [2.24, 2.45) is 0 Å². The molecule has 0 aromatic heterocycles. The molecule has 0 saturated heterocycles. The average Bonchev–Trinajstić information content (AvgIpc) is 2.64. The number of ether oxygens (including phenoxy) is 1. The second kappa shape index (κ2) is 8.50. The van der Waals surface area contributed by atoms with Gasteiger partial charge in [0.25, 0.3) is 0 Å². The van der Waals surface area contributed by atoms with E-state index >= 15 is 0 Å². The topological polar surface area (TPSA) is 29.5 Å². The highest BCUT2D eigenvalue weighted by molar-refractivity contribution is 5.86. The molecule has 3 aromatic carbocycles. The lowest BCUT2D eigenvalue weighted by Gasteiger charge is -2.08. The number of fused-ring (bicyclic) bond motifs is 1. The third-order valence-electron chi connectivity index (χ3n) is 4.15. The van der Waals surface area contributed by atoms with Crippen LogP contribution in [0, 0.1) is 0 Å². The Kier molecular flexibility index (Phi) is 5.86. The van der Waals surface area contributed by atoms with Crippen molar-refractivity contribution in [3.63, 3.8) is 0 Å². The van der Waals surface area contributed by atoms with Crippen LogP contribution in [-0.4, -0.2) is 11.2 Å². The molecule has 1 N–H and O–H groups in total. The van der Waals surface area contributed by atoms with Crippen LogP contribution in [0.2, 0.25) is 0 Å². The van der Waals surface area contributed by atoms with Crippen molar-refractivity contribution < 1.29 is 9.84 Å². The van der Waals surface area contributed by atoms with E-state index in [0.717, 1.165) is 18.6 Å². The van der Waals surface area contributed by atoms with Gasteiger partial charge in [0.2, 0.25) is 0 Å². The molecule has 0 fully saturated rings. The maximum absolute atomic E-state index is 9.29. The maximum Gasteiger partial charge on any atom is 0.120 e. The van der Waals surface area contributed by atoms with Gasteiger partial charge in [0.15, 0.2) is 0 Å². The van der Waals surface area contributed by atoms with E-state index in [4.69, 9.17) is 4.74 Å². The number of hydrogen-bond donors (Lipinski definition) is 1. The van der Waals surface area contributed by atoms with Gasteiger partial charge in [-0.3, -0.25) is 0 Å². The molecule has 0 amide bonds. The Labute approximate surface area is 149 Å². The smallest absolute Gasteiger partial charge is 0.120 e. The van der Waals surface area contributed by atoms with Gasteiger partial charge < -0.3 is 9.84 Å². The number of hydrogen-bond acceptors (Lipinski definition) is 2. The molecule has 3 rings (SSSR count). The van der Waals surface area contributed by atoms with E-state index in [1.54, 1.807) is 0 Å². The lowest BCUT2D eigenvalue weighted by Crippen LogP contribution is -1.96. The first kappa shape index (κ1) is 17.2. The summed E-state index contributed by atoms with van der Waals surface area (Å²) in [4.78, 5) is 0. The number of aliphatic hydroxyl groups is 1. The van der Waals surface area contributed by atoms with Crippen LogP contribution < -0.4 is 4.74 Å². The normalized spacial score (nSPS) is 12.6. The summed E-state index contributed by atoms with van der Waals surface area (Å²) in [5.74, 6) is 0.886. The summed E-state index contributed by atoms with van der Waals surface area (Å²) in [7, 11) is 0. The van der Waals surface area contributed by atoms with E-state index in [1.165, 1.54) is 21.9 Å². The standard InChI is InChI=1S/C23H24O2/c1-18(24)7-5-6-8-19-11-12-22-16-23(14-13-21(22)15-19)25-17-20-9-3-2-4-10-20/h2-4,6,8-16,18,24H,5,7,17H2,1H3. The van der Waals surface area contributed by atoms with Crippen molar-refractivity contribution in [1.82, 2.24) is 0 Å². The van der Waals surface area contributed by atoms with Crippen LogP contribution >= 0.6 is 0 Å². The molecular formula is C23H24O2. The van der Waals surface area contributed by atoms with Crippen molar-refractivity contribution in [3.05, 3.63) is 83.9 Å². The largest absolute Gasteiger partial charge is 0.489 e. The SMILES string of the molecule is CC(O)CCC=Cc1ccc2cc(OCc3ccccc3)ccc2c1. The minimum Gasteiger partial charge on any atom is -0.489 e. The van der Waals surface area contributed by atoms with Crippen LogP contribution in [0.1, 0.15) is 30.9 Å². The number of rotatable bonds is 7. The van der Waals surface area contributed by atoms with E-state index < -0.39 is 0 Å². The molecule has 0 bridgehead atoms.